The Labute approximate surface area is 398 Å². The van der Waals surface area contributed by atoms with Gasteiger partial charge in [0.15, 0.2) is 0 Å². The van der Waals surface area contributed by atoms with Crippen molar-refractivity contribution in [2.75, 3.05) is 9.80 Å². The van der Waals surface area contributed by atoms with Gasteiger partial charge in [0.1, 0.15) is 0 Å². The molecule has 0 aromatic heterocycles. The zero-order valence-corrected chi connectivity index (χ0v) is 41.3. The first-order valence-corrected chi connectivity index (χ1v) is 30.7. The molecule has 0 spiro atoms. The molecule has 326 valence electrons. The van der Waals surface area contributed by atoms with Gasteiger partial charge in [-0.25, -0.2) is 0 Å². The van der Waals surface area contributed by atoms with Gasteiger partial charge in [-0.1, -0.05) is 221 Å². The molecule has 0 fully saturated rings. The van der Waals surface area contributed by atoms with E-state index in [-0.39, 0.29) is 4.66 Å². The summed E-state index contributed by atoms with van der Waals surface area (Å²) in [7, 11) is -4.44. The van der Waals surface area contributed by atoms with E-state index in [1.54, 1.807) is 0 Å². The summed E-state index contributed by atoms with van der Waals surface area (Å²) in [4.78, 5) is 5.10. The van der Waals surface area contributed by atoms with Gasteiger partial charge in [0.2, 0.25) is 0 Å². The minimum Gasteiger partial charge on any atom is -0.309 e. The second kappa shape index (κ2) is 16.6. The van der Waals surface area contributed by atoms with Crippen LogP contribution in [-0.2, 0) is 4.66 Å². The first-order valence-electron chi connectivity index (χ1n) is 23.7. The van der Waals surface area contributed by atoms with Gasteiger partial charge in [-0.3, -0.25) is 0 Å². The number of hydrogen-bond donors (Lipinski definition) is 0. The normalized spacial score (nSPS) is 13.0. The summed E-state index contributed by atoms with van der Waals surface area (Å²) in [5, 5.41) is 5.11. The number of fused-ring (bicyclic) bond motifs is 7. The molecular formula is C63H56N2Si2. The minimum absolute atomic E-state index is 0.190. The second-order valence-corrected chi connectivity index (χ2v) is 31.1. The molecule has 0 bridgehead atoms. The Morgan fingerprint density at radius 3 is 0.955 bits per heavy atom. The van der Waals surface area contributed by atoms with Crippen LogP contribution in [0.2, 0.25) is 39.3 Å². The Bertz CT molecular complexity index is 3200. The van der Waals surface area contributed by atoms with E-state index in [0.29, 0.717) is 0 Å². The van der Waals surface area contributed by atoms with Crippen LogP contribution in [-0.4, -0.2) is 16.1 Å². The van der Waals surface area contributed by atoms with Crippen molar-refractivity contribution in [3.05, 3.63) is 242 Å². The third-order valence-corrected chi connectivity index (χ3v) is 24.4. The monoisotopic (exact) mass is 896 g/mol. The fourth-order valence-electron chi connectivity index (χ4n) is 12.1. The Balaban J connectivity index is 1.28. The maximum absolute atomic E-state index is 2.66. The highest BCUT2D eigenvalue weighted by atomic mass is 28.4. The third-order valence-electron chi connectivity index (χ3n) is 14.3. The van der Waals surface area contributed by atoms with Crippen LogP contribution in [0.3, 0.4) is 0 Å². The predicted octanol–water partition coefficient (Wildman–Crippen LogP) is 18.3. The Hall–Kier alpha value is -7.25. The zero-order chi connectivity index (χ0) is 45.9. The summed E-state index contributed by atoms with van der Waals surface area (Å²) < 4.78 is -0.190. The molecule has 10 aromatic carbocycles. The molecule has 0 radical (unpaired) electrons. The van der Waals surface area contributed by atoms with Gasteiger partial charge >= 0.3 is 0 Å². The molecule has 0 atom stereocenters. The van der Waals surface area contributed by atoms with Crippen molar-refractivity contribution >= 4 is 71.8 Å². The summed E-state index contributed by atoms with van der Waals surface area (Å²) in [6.07, 6.45) is 0. The van der Waals surface area contributed by atoms with E-state index in [1.807, 2.05) is 0 Å². The SMILES string of the molecule is C[Si](C)(C)C1([Si](C)(C)C)c2cc(N(c3ccccc3)c3ccccc3-c3ccccc3)c3ccccc3c2-c2c1cc(N(c1ccccc1)c1ccccc1-c1ccccc1)c1ccccc21. The van der Waals surface area contributed by atoms with E-state index in [1.165, 1.54) is 77.4 Å². The van der Waals surface area contributed by atoms with Crippen molar-refractivity contribution in [2.45, 2.75) is 43.9 Å². The summed E-state index contributed by atoms with van der Waals surface area (Å²) in [5.74, 6) is 0. The molecule has 1 aliphatic carbocycles. The van der Waals surface area contributed by atoms with E-state index in [9.17, 15) is 0 Å². The lowest BCUT2D eigenvalue weighted by Gasteiger charge is -2.51. The molecule has 0 saturated heterocycles. The molecule has 67 heavy (non-hydrogen) atoms. The van der Waals surface area contributed by atoms with Gasteiger partial charge in [0.25, 0.3) is 0 Å². The molecule has 0 unspecified atom stereocenters. The van der Waals surface area contributed by atoms with Gasteiger partial charge in [0.05, 0.1) is 38.9 Å². The standard InChI is InChI=1S/C63H56N2Si2/c1-66(2,3)63(67(4,5)6)55-43-59(64(47-31-15-9-16-32-47)57-41-25-23-35-49(57)45-27-11-7-12-28-45)51-37-19-21-39-53(51)61(55)62-54-40-22-20-38-52(54)60(44-56(62)63)65(48-33-17-10-18-34-48)58-42-26-24-36-50(58)46-29-13-8-14-30-46/h7-44H,1-6H3. The molecule has 10 aromatic rings. The van der Waals surface area contributed by atoms with Gasteiger partial charge in [-0.05, 0) is 92.7 Å². The molecule has 0 saturated carbocycles. The number of rotatable bonds is 10. The molecule has 4 heteroatoms. The quantitative estimate of drug-likeness (QED) is 0.126. The van der Waals surface area contributed by atoms with Crippen LogP contribution >= 0.6 is 0 Å². The molecular weight excluding hydrogens is 841 g/mol. The number of hydrogen-bond acceptors (Lipinski definition) is 2. The average molecular weight is 897 g/mol. The maximum Gasteiger partial charge on any atom is 0.0579 e. The van der Waals surface area contributed by atoms with Gasteiger partial charge < -0.3 is 9.80 Å². The summed E-state index contributed by atoms with van der Waals surface area (Å²) in [6.45, 7) is 15.9. The number of anilines is 6. The summed E-state index contributed by atoms with van der Waals surface area (Å²) in [6, 6.07) is 85.6. The second-order valence-electron chi connectivity index (χ2n) is 20.1. The van der Waals surface area contributed by atoms with Crippen LogP contribution in [0, 0.1) is 0 Å². The van der Waals surface area contributed by atoms with Crippen molar-refractivity contribution in [1.29, 1.82) is 0 Å². The fraction of sp³-hybridized carbons (Fsp3) is 0.111. The van der Waals surface area contributed by atoms with Gasteiger partial charge in [-0.2, -0.15) is 0 Å². The number of para-hydroxylation sites is 4. The van der Waals surface area contributed by atoms with Crippen LogP contribution in [0.5, 0.6) is 0 Å². The first kappa shape index (κ1) is 42.4. The molecule has 0 amide bonds. The predicted molar refractivity (Wildman–Crippen MR) is 295 cm³/mol. The lowest BCUT2D eigenvalue weighted by molar-refractivity contribution is 0.953. The highest BCUT2D eigenvalue weighted by Crippen LogP contribution is 2.64. The smallest absolute Gasteiger partial charge is 0.0579 e. The van der Waals surface area contributed by atoms with E-state index >= 15 is 0 Å². The first-order chi connectivity index (χ1) is 32.6. The molecule has 0 N–H and O–H groups in total. The van der Waals surface area contributed by atoms with Crippen molar-refractivity contribution in [2.24, 2.45) is 0 Å². The average Bonchev–Trinajstić information content (AvgIpc) is 3.68. The van der Waals surface area contributed by atoms with Crippen molar-refractivity contribution in [1.82, 2.24) is 0 Å². The molecule has 0 aliphatic heterocycles. The summed E-state index contributed by atoms with van der Waals surface area (Å²) in [5.41, 5.74) is 17.6. The zero-order valence-electron chi connectivity index (χ0n) is 39.3. The van der Waals surface area contributed by atoms with E-state index in [4.69, 9.17) is 0 Å². The third kappa shape index (κ3) is 6.81. The molecule has 1 aliphatic rings. The van der Waals surface area contributed by atoms with Crippen molar-refractivity contribution < 1.29 is 0 Å². The minimum atomic E-state index is -2.22. The Morgan fingerprint density at radius 1 is 0.299 bits per heavy atom. The van der Waals surface area contributed by atoms with Gasteiger partial charge in [0, 0.05) is 37.9 Å². The van der Waals surface area contributed by atoms with Crippen LogP contribution in [0.1, 0.15) is 11.1 Å². The topological polar surface area (TPSA) is 6.48 Å². The largest absolute Gasteiger partial charge is 0.309 e. The van der Waals surface area contributed by atoms with Crippen LogP contribution in [0.25, 0.3) is 54.9 Å². The summed E-state index contributed by atoms with van der Waals surface area (Å²) >= 11 is 0. The fourth-order valence-corrected chi connectivity index (χ4v) is 25.2. The molecule has 11 rings (SSSR count). The van der Waals surface area contributed by atoms with Crippen molar-refractivity contribution in [3.63, 3.8) is 0 Å². The van der Waals surface area contributed by atoms with Gasteiger partial charge in [-0.15, -0.1) is 0 Å². The van der Waals surface area contributed by atoms with E-state index in [2.05, 4.69) is 280 Å². The lowest BCUT2D eigenvalue weighted by Crippen LogP contribution is -2.63. The molecule has 2 nitrogen and oxygen atoms in total. The van der Waals surface area contributed by atoms with Crippen LogP contribution in [0.4, 0.5) is 34.1 Å². The van der Waals surface area contributed by atoms with E-state index in [0.717, 1.165) is 22.7 Å². The maximum atomic E-state index is 2.66. The highest BCUT2D eigenvalue weighted by Gasteiger charge is 2.60. The van der Waals surface area contributed by atoms with Crippen LogP contribution < -0.4 is 9.80 Å². The van der Waals surface area contributed by atoms with Crippen molar-refractivity contribution in [3.8, 4) is 33.4 Å². The molecule has 0 heterocycles. The number of nitrogens with zero attached hydrogens (tertiary/aromatic N) is 2. The van der Waals surface area contributed by atoms with Crippen LogP contribution in [0.15, 0.2) is 231 Å². The Kier molecular flexibility index (Phi) is 10.5. The Morgan fingerprint density at radius 2 is 0.597 bits per heavy atom. The lowest BCUT2D eigenvalue weighted by atomic mass is 9.91. The highest BCUT2D eigenvalue weighted by molar-refractivity contribution is 7.00. The van der Waals surface area contributed by atoms with E-state index < -0.39 is 16.1 Å². The number of benzene rings is 10.